The van der Waals surface area contributed by atoms with E-state index in [1.54, 1.807) is 0 Å². The van der Waals surface area contributed by atoms with Crippen molar-refractivity contribution >= 4 is 29.4 Å². The van der Waals surface area contributed by atoms with E-state index in [1.165, 1.54) is 19.3 Å². The number of carbonyl (C=O) groups excluding carboxylic acids is 1. The van der Waals surface area contributed by atoms with Crippen LogP contribution in [0, 0.1) is 0 Å². The summed E-state index contributed by atoms with van der Waals surface area (Å²) >= 11 is 5.97. The molecule has 0 spiro atoms. The van der Waals surface area contributed by atoms with E-state index in [1.807, 2.05) is 29.2 Å². The molecule has 2 N–H and O–H groups in total. The van der Waals surface area contributed by atoms with E-state index in [4.69, 9.17) is 21.7 Å². The van der Waals surface area contributed by atoms with Gasteiger partial charge in [0, 0.05) is 24.5 Å². The maximum absolute atomic E-state index is 12.5. The number of nitrogens with zero attached hydrogens (tertiary/aromatic N) is 2. The van der Waals surface area contributed by atoms with E-state index in [-0.39, 0.29) is 18.5 Å². The number of urea groups is 1. The second-order valence-corrected chi connectivity index (χ2v) is 8.66. The van der Waals surface area contributed by atoms with Gasteiger partial charge < -0.3 is 10.0 Å². The van der Waals surface area contributed by atoms with E-state index in [2.05, 4.69) is 12.2 Å². The minimum Gasteiger partial charge on any atom is -0.481 e. The van der Waals surface area contributed by atoms with Crippen LogP contribution in [0.15, 0.2) is 29.3 Å². The van der Waals surface area contributed by atoms with Crippen molar-refractivity contribution in [3.8, 4) is 0 Å². The number of amides is 2. The van der Waals surface area contributed by atoms with Gasteiger partial charge in [-0.15, -0.1) is 0 Å². The molecular formula is C24H36ClN3O3. The number of unbranched alkanes of at least 4 members (excludes halogenated alkanes) is 7. The van der Waals surface area contributed by atoms with Gasteiger partial charge in [0.1, 0.15) is 5.84 Å². The number of carbonyl (C=O) groups is 2. The summed E-state index contributed by atoms with van der Waals surface area (Å²) in [5.41, 5.74) is 1.06. The molecule has 2 amide bonds. The molecular weight excluding hydrogens is 414 g/mol. The quantitative estimate of drug-likeness (QED) is 0.321. The summed E-state index contributed by atoms with van der Waals surface area (Å²) in [5.74, 6) is 0.105. The van der Waals surface area contributed by atoms with Gasteiger partial charge >= 0.3 is 12.0 Å². The molecule has 0 bridgehead atoms. The first-order chi connectivity index (χ1) is 15.0. The second kappa shape index (κ2) is 14.1. The van der Waals surface area contributed by atoms with Crippen molar-refractivity contribution in [2.24, 2.45) is 4.99 Å². The lowest BCUT2D eigenvalue weighted by Gasteiger charge is -2.22. The predicted molar refractivity (Wildman–Crippen MR) is 126 cm³/mol. The lowest BCUT2D eigenvalue weighted by molar-refractivity contribution is -0.137. The van der Waals surface area contributed by atoms with Crippen LogP contribution < -0.4 is 5.32 Å². The van der Waals surface area contributed by atoms with E-state index >= 15 is 0 Å². The molecule has 1 aromatic rings. The predicted octanol–water partition coefficient (Wildman–Crippen LogP) is 6.03. The Bertz CT molecular complexity index is 721. The highest BCUT2D eigenvalue weighted by molar-refractivity contribution is 6.30. The maximum atomic E-state index is 12.5. The third-order valence-corrected chi connectivity index (χ3v) is 5.85. The Hall–Kier alpha value is -2.08. The first kappa shape index (κ1) is 25.2. The van der Waals surface area contributed by atoms with Gasteiger partial charge in [0.2, 0.25) is 0 Å². The van der Waals surface area contributed by atoms with Crippen molar-refractivity contribution in [3.63, 3.8) is 0 Å². The highest BCUT2D eigenvalue weighted by Gasteiger charge is 2.35. The minimum atomic E-state index is -0.700. The number of amidine groups is 1. The van der Waals surface area contributed by atoms with E-state index in [9.17, 15) is 9.59 Å². The van der Waals surface area contributed by atoms with Gasteiger partial charge in [-0.2, -0.15) is 0 Å². The molecule has 0 aromatic heterocycles. The van der Waals surface area contributed by atoms with E-state index < -0.39 is 5.97 Å². The first-order valence-corrected chi connectivity index (χ1v) is 12.0. The molecule has 1 unspecified atom stereocenters. The molecule has 6 nitrogen and oxygen atoms in total. The van der Waals surface area contributed by atoms with Crippen LogP contribution in [0.2, 0.25) is 5.02 Å². The Morgan fingerprint density at radius 1 is 1.06 bits per heavy atom. The molecule has 1 saturated heterocycles. The minimum absolute atomic E-state index is 0.0129. The molecule has 2 rings (SSSR count). The van der Waals surface area contributed by atoms with Crippen LogP contribution in [0.25, 0.3) is 0 Å². The van der Waals surface area contributed by atoms with Crippen LogP contribution in [0.3, 0.4) is 0 Å². The summed E-state index contributed by atoms with van der Waals surface area (Å²) in [6, 6.07) is 7.56. The van der Waals surface area contributed by atoms with Gasteiger partial charge in [-0.3, -0.25) is 15.1 Å². The summed E-state index contributed by atoms with van der Waals surface area (Å²) in [6.07, 6.45) is 10.8. The molecule has 31 heavy (non-hydrogen) atoms. The van der Waals surface area contributed by atoms with Crippen LogP contribution in [0.4, 0.5) is 4.79 Å². The zero-order valence-electron chi connectivity index (χ0n) is 18.6. The second-order valence-electron chi connectivity index (χ2n) is 8.23. The molecule has 0 aliphatic carbocycles. The molecule has 172 valence electrons. The normalized spacial score (nSPS) is 17.4. The Morgan fingerprint density at radius 3 is 2.29 bits per heavy atom. The fourth-order valence-corrected chi connectivity index (χ4v) is 4.01. The van der Waals surface area contributed by atoms with Crippen molar-refractivity contribution in [2.45, 2.75) is 90.1 Å². The van der Waals surface area contributed by atoms with Crippen molar-refractivity contribution in [1.82, 2.24) is 10.2 Å². The highest BCUT2D eigenvalue weighted by Crippen LogP contribution is 2.20. The Kier molecular flexibility index (Phi) is 11.4. The van der Waals surface area contributed by atoms with Crippen LogP contribution in [-0.2, 0) is 11.3 Å². The van der Waals surface area contributed by atoms with Crippen molar-refractivity contribution in [3.05, 3.63) is 34.9 Å². The Balaban J connectivity index is 1.70. The Labute approximate surface area is 191 Å². The SMILES string of the molecule is CCCC1C(=NCCCCCCCCCCC(=O)O)NC(=O)N1Cc1ccc(Cl)cc1. The number of halogens is 1. The lowest BCUT2D eigenvalue weighted by atomic mass is 10.1. The molecule has 1 aromatic carbocycles. The summed E-state index contributed by atoms with van der Waals surface area (Å²) in [4.78, 5) is 29.6. The molecule has 1 heterocycles. The van der Waals surface area contributed by atoms with Gasteiger partial charge in [0.15, 0.2) is 0 Å². The maximum Gasteiger partial charge on any atom is 0.323 e. The topological polar surface area (TPSA) is 82.0 Å². The molecule has 0 radical (unpaired) electrons. The van der Waals surface area contributed by atoms with Gasteiger partial charge in [-0.05, 0) is 37.0 Å². The average molecular weight is 450 g/mol. The molecule has 1 atom stereocenters. The van der Waals surface area contributed by atoms with Crippen LogP contribution in [0.5, 0.6) is 0 Å². The van der Waals surface area contributed by atoms with Gasteiger partial charge in [-0.1, -0.05) is 75.6 Å². The highest BCUT2D eigenvalue weighted by atomic mass is 35.5. The third kappa shape index (κ3) is 9.30. The van der Waals surface area contributed by atoms with Gasteiger partial charge in [0.25, 0.3) is 0 Å². The monoisotopic (exact) mass is 449 g/mol. The lowest BCUT2D eigenvalue weighted by Crippen LogP contribution is -2.34. The number of carboxylic acid groups (broad SMARTS) is 1. The zero-order chi connectivity index (χ0) is 22.5. The fraction of sp³-hybridized carbons (Fsp3) is 0.625. The number of aliphatic imine (C=N–C) groups is 1. The molecule has 7 heteroatoms. The van der Waals surface area contributed by atoms with Gasteiger partial charge in [0.05, 0.1) is 6.04 Å². The smallest absolute Gasteiger partial charge is 0.323 e. The van der Waals surface area contributed by atoms with Crippen molar-refractivity contribution in [1.29, 1.82) is 0 Å². The number of hydrogen-bond donors (Lipinski definition) is 2. The summed E-state index contributed by atoms with van der Waals surface area (Å²) in [7, 11) is 0. The Morgan fingerprint density at radius 2 is 1.68 bits per heavy atom. The number of rotatable bonds is 15. The zero-order valence-corrected chi connectivity index (χ0v) is 19.4. The third-order valence-electron chi connectivity index (χ3n) is 5.60. The van der Waals surface area contributed by atoms with E-state index in [0.29, 0.717) is 11.6 Å². The summed E-state index contributed by atoms with van der Waals surface area (Å²) in [5, 5.41) is 12.3. The largest absolute Gasteiger partial charge is 0.481 e. The first-order valence-electron chi connectivity index (χ1n) is 11.6. The summed E-state index contributed by atoms with van der Waals surface area (Å²) in [6.45, 7) is 3.42. The fourth-order valence-electron chi connectivity index (χ4n) is 3.88. The number of aliphatic carboxylic acids is 1. The van der Waals surface area contributed by atoms with Gasteiger partial charge in [-0.25, -0.2) is 4.79 Å². The van der Waals surface area contributed by atoms with Crippen LogP contribution >= 0.6 is 11.6 Å². The molecule has 1 aliphatic rings. The molecule has 1 aliphatic heterocycles. The number of nitrogens with one attached hydrogen (secondary N) is 1. The number of carboxylic acids is 1. The van der Waals surface area contributed by atoms with E-state index in [0.717, 1.165) is 62.9 Å². The molecule has 1 fully saturated rings. The van der Waals surface area contributed by atoms with Crippen LogP contribution in [-0.4, -0.2) is 40.4 Å². The standard InChI is InChI=1S/C24H36ClN3O3/c1-2-11-21-23(26-17-10-8-6-4-3-5-7-9-12-22(29)30)27-24(31)28(21)18-19-13-15-20(25)16-14-19/h13-16,21H,2-12,17-18H2,1H3,(H,29,30)(H,26,27,31). The van der Waals surface area contributed by atoms with Crippen molar-refractivity contribution in [2.75, 3.05) is 6.54 Å². The van der Waals surface area contributed by atoms with Crippen LogP contribution in [0.1, 0.15) is 83.1 Å². The number of hydrogen-bond acceptors (Lipinski definition) is 3. The summed E-state index contributed by atoms with van der Waals surface area (Å²) < 4.78 is 0. The average Bonchev–Trinajstić information content (AvgIpc) is 3.02. The van der Waals surface area contributed by atoms with Crippen molar-refractivity contribution < 1.29 is 14.7 Å². The number of benzene rings is 1. The molecule has 0 saturated carbocycles.